The molecule has 1 fully saturated rings. The zero-order valence-corrected chi connectivity index (χ0v) is 9.82. The van der Waals surface area contributed by atoms with Gasteiger partial charge in [-0.05, 0) is 30.9 Å². The van der Waals surface area contributed by atoms with Crippen LogP contribution in [0, 0.1) is 11.7 Å². The summed E-state index contributed by atoms with van der Waals surface area (Å²) in [5.74, 6) is -0.161. The summed E-state index contributed by atoms with van der Waals surface area (Å²) in [4.78, 5) is 11.7. The van der Waals surface area contributed by atoms with Crippen LogP contribution in [0.25, 0.3) is 0 Å². The topological polar surface area (TPSA) is 26.3 Å². The molecule has 1 aromatic carbocycles. The number of hydrogen-bond acceptors (Lipinski definition) is 2. The molecule has 3 heteroatoms. The van der Waals surface area contributed by atoms with Gasteiger partial charge in [-0.2, -0.15) is 0 Å². The molecule has 1 aliphatic carbocycles. The quantitative estimate of drug-likeness (QED) is 0.734. The van der Waals surface area contributed by atoms with E-state index in [1.165, 1.54) is 37.8 Å². The van der Waals surface area contributed by atoms with Crippen LogP contribution in [0.4, 0.5) is 4.39 Å². The first-order valence-corrected chi connectivity index (χ1v) is 6.13. The lowest BCUT2D eigenvalue weighted by atomic mass is 10.1. The second-order valence-corrected chi connectivity index (χ2v) is 4.57. The average molecular weight is 236 g/mol. The van der Waals surface area contributed by atoms with Gasteiger partial charge in [0.25, 0.3) is 0 Å². The van der Waals surface area contributed by atoms with Gasteiger partial charge in [0.2, 0.25) is 0 Å². The molecule has 0 radical (unpaired) electrons. The van der Waals surface area contributed by atoms with Gasteiger partial charge in [0.05, 0.1) is 12.2 Å². The van der Waals surface area contributed by atoms with Crippen molar-refractivity contribution in [2.45, 2.75) is 25.7 Å². The van der Waals surface area contributed by atoms with Crippen LogP contribution in [0.1, 0.15) is 36.0 Å². The van der Waals surface area contributed by atoms with Crippen LogP contribution < -0.4 is 0 Å². The van der Waals surface area contributed by atoms with Gasteiger partial charge in [-0.1, -0.05) is 25.0 Å². The Morgan fingerprint density at radius 2 is 2.00 bits per heavy atom. The first-order chi connectivity index (χ1) is 8.27. The van der Waals surface area contributed by atoms with Crippen molar-refractivity contribution in [1.29, 1.82) is 0 Å². The van der Waals surface area contributed by atoms with Crippen LogP contribution in [-0.2, 0) is 4.74 Å². The summed E-state index contributed by atoms with van der Waals surface area (Å²) in [6.45, 7) is 0.609. The van der Waals surface area contributed by atoms with Crippen LogP contribution >= 0.6 is 0 Å². The van der Waals surface area contributed by atoms with E-state index >= 15 is 0 Å². The van der Waals surface area contributed by atoms with Gasteiger partial charge >= 0.3 is 0 Å². The van der Waals surface area contributed by atoms with Crippen molar-refractivity contribution >= 4 is 5.78 Å². The summed E-state index contributed by atoms with van der Waals surface area (Å²) in [6.07, 6.45) is 4.90. The maximum Gasteiger partial charge on any atom is 0.191 e. The van der Waals surface area contributed by atoms with Crippen LogP contribution in [0.15, 0.2) is 24.3 Å². The first kappa shape index (κ1) is 12.2. The van der Waals surface area contributed by atoms with Gasteiger partial charge in [-0.25, -0.2) is 4.39 Å². The number of halogens is 1. The second-order valence-electron chi connectivity index (χ2n) is 4.57. The Morgan fingerprint density at radius 3 is 2.71 bits per heavy atom. The Kier molecular flexibility index (Phi) is 4.26. The number of ketones is 1. The van der Waals surface area contributed by atoms with Gasteiger partial charge in [-0.3, -0.25) is 4.79 Å². The van der Waals surface area contributed by atoms with Gasteiger partial charge in [0.1, 0.15) is 12.4 Å². The molecule has 1 aromatic rings. The lowest BCUT2D eigenvalue weighted by molar-refractivity contribution is 0.0677. The van der Waals surface area contributed by atoms with Crippen LogP contribution in [0.2, 0.25) is 0 Å². The summed E-state index contributed by atoms with van der Waals surface area (Å²) in [6, 6.07) is 6.03. The molecule has 1 saturated carbocycles. The first-order valence-electron chi connectivity index (χ1n) is 6.13. The lowest BCUT2D eigenvalue weighted by Gasteiger charge is -2.09. The van der Waals surface area contributed by atoms with E-state index in [2.05, 4.69) is 0 Å². The van der Waals surface area contributed by atoms with E-state index in [9.17, 15) is 9.18 Å². The van der Waals surface area contributed by atoms with Crippen molar-refractivity contribution in [2.24, 2.45) is 5.92 Å². The molecule has 2 rings (SSSR count). The molecule has 0 aromatic heterocycles. The number of carbonyl (C=O) groups is 1. The predicted molar refractivity (Wildman–Crippen MR) is 63.5 cm³/mol. The highest BCUT2D eigenvalue weighted by Crippen LogP contribution is 2.24. The summed E-state index contributed by atoms with van der Waals surface area (Å²) in [5, 5.41) is 0. The molecule has 0 heterocycles. The summed E-state index contributed by atoms with van der Waals surface area (Å²) < 4.78 is 18.7. The fourth-order valence-electron chi connectivity index (χ4n) is 2.26. The summed E-state index contributed by atoms with van der Waals surface area (Å²) >= 11 is 0. The molecule has 2 nitrogen and oxygen atoms in total. The van der Waals surface area contributed by atoms with Crippen molar-refractivity contribution in [1.82, 2.24) is 0 Å². The zero-order chi connectivity index (χ0) is 12.1. The third-order valence-corrected chi connectivity index (χ3v) is 3.24. The van der Waals surface area contributed by atoms with E-state index < -0.39 is 5.82 Å². The molecule has 92 valence electrons. The molecule has 0 aliphatic heterocycles. The van der Waals surface area contributed by atoms with Crippen molar-refractivity contribution in [3.8, 4) is 0 Å². The smallest absolute Gasteiger partial charge is 0.191 e. The SMILES string of the molecule is O=C(COCC1CCCC1)c1ccccc1F. The van der Waals surface area contributed by atoms with E-state index in [0.717, 1.165) is 0 Å². The van der Waals surface area contributed by atoms with Crippen LogP contribution in [-0.4, -0.2) is 19.0 Å². The Bertz CT molecular complexity index is 384. The molecule has 0 saturated heterocycles. The highest BCUT2D eigenvalue weighted by molar-refractivity contribution is 5.97. The Hall–Kier alpha value is -1.22. The number of Topliss-reactive ketones (excluding diaryl/α,β-unsaturated/α-hetero) is 1. The highest BCUT2D eigenvalue weighted by Gasteiger charge is 2.16. The van der Waals surface area contributed by atoms with E-state index in [4.69, 9.17) is 4.74 Å². The number of benzene rings is 1. The normalized spacial score (nSPS) is 16.3. The Balaban J connectivity index is 1.79. The van der Waals surface area contributed by atoms with Crippen LogP contribution in [0.3, 0.4) is 0 Å². The van der Waals surface area contributed by atoms with Crippen molar-refractivity contribution in [3.63, 3.8) is 0 Å². The minimum Gasteiger partial charge on any atom is -0.373 e. The van der Waals surface area contributed by atoms with Crippen LogP contribution in [0.5, 0.6) is 0 Å². The Labute approximate surface area is 101 Å². The zero-order valence-electron chi connectivity index (χ0n) is 9.82. The molecule has 0 N–H and O–H groups in total. The summed E-state index contributed by atoms with van der Waals surface area (Å²) in [7, 11) is 0. The third kappa shape index (κ3) is 3.37. The monoisotopic (exact) mass is 236 g/mol. The molecule has 0 amide bonds. The highest BCUT2D eigenvalue weighted by atomic mass is 19.1. The number of ether oxygens (including phenoxy) is 1. The number of hydrogen-bond donors (Lipinski definition) is 0. The molecular formula is C14H17FO2. The van der Waals surface area contributed by atoms with Gasteiger partial charge in [-0.15, -0.1) is 0 Å². The number of carbonyl (C=O) groups excluding carboxylic acids is 1. The average Bonchev–Trinajstić information content (AvgIpc) is 2.82. The second kappa shape index (κ2) is 5.92. The van der Waals surface area contributed by atoms with E-state index in [1.807, 2.05) is 0 Å². The molecule has 0 unspecified atom stereocenters. The minimum atomic E-state index is -0.470. The molecule has 0 bridgehead atoms. The molecular weight excluding hydrogens is 219 g/mol. The largest absolute Gasteiger partial charge is 0.373 e. The maximum atomic E-state index is 13.3. The van der Waals surface area contributed by atoms with Crippen molar-refractivity contribution in [2.75, 3.05) is 13.2 Å². The lowest BCUT2D eigenvalue weighted by Crippen LogP contribution is -2.14. The molecule has 1 aliphatic rings. The number of rotatable bonds is 5. The maximum absolute atomic E-state index is 13.3. The van der Waals surface area contributed by atoms with E-state index in [0.29, 0.717) is 12.5 Å². The van der Waals surface area contributed by atoms with Gasteiger partial charge in [0, 0.05) is 0 Å². The molecule has 0 atom stereocenters. The fraction of sp³-hybridized carbons (Fsp3) is 0.500. The predicted octanol–water partition coefficient (Wildman–Crippen LogP) is 3.22. The molecule has 17 heavy (non-hydrogen) atoms. The van der Waals surface area contributed by atoms with E-state index in [-0.39, 0.29) is 18.0 Å². The van der Waals surface area contributed by atoms with Crippen molar-refractivity contribution in [3.05, 3.63) is 35.6 Å². The Morgan fingerprint density at radius 1 is 1.29 bits per heavy atom. The van der Waals surface area contributed by atoms with Gasteiger partial charge < -0.3 is 4.74 Å². The van der Waals surface area contributed by atoms with E-state index in [1.54, 1.807) is 12.1 Å². The fourth-order valence-corrected chi connectivity index (χ4v) is 2.26. The summed E-state index contributed by atoms with van der Waals surface area (Å²) in [5.41, 5.74) is 0.124. The minimum absolute atomic E-state index is 0.0164. The van der Waals surface area contributed by atoms with Crippen molar-refractivity contribution < 1.29 is 13.9 Å². The van der Waals surface area contributed by atoms with Gasteiger partial charge in [0.15, 0.2) is 5.78 Å². The molecule has 0 spiro atoms. The third-order valence-electron chi connectivity index (χ3n) is 3.24. The standard InChI is InChI=1S/C14H17FO2/c15-13-8-4-3-7-12(13)14(16)10-17-9-11-5-1-2-6-11/h3-4,7-8,11H,1-2,5-6,9-10H2.